The third-order valence-corrected chi connectivity index (χ3v) is 4.21. The number of benzene rings is 2. The van der Waals surface area contributed by atoms with Crippen LogP contribution in [0.4, 0.5) is 0 Å². The first-order valence-electron chi connectivity index (χ1n) is 6.77. The molecule has 4 heteroatoms. The molecule has 0 spiro atoms. The van der Waals surface area contributed by atoms with Gasteiger partial charge in [-0.2, -0.15) is 0 Å². The van der Waals surface area contributed by atoms with Crippen LogP contribution in [0.15, 0.2) is 54.7 Å². The highest BCUT2D eigenvalue weighted by Crippen LogP contribution is 2.33. The highest BCUT2D eigenvalue weighted by molar-refractivity contribution is 6.32. The summed E-state index contributed by atoms with van der Waals surface area (Å²) in [5.74, 6) is 5.82. The lowest BCUT2D eigenvalue weighted by atomic mass is 9.94. The van der Waals surface area contributed by atoms with Crippen molar-refractivity contribution >= 4 is 22.5 Å². The molecule has 106 valence electrons. The fourth-order valence-electron chi connectivity index (χ4n) is 2.62. The maximum absolute atomic E-state index is 6.46. The predicted octanol–water partition coefficient (Wildman–Crippen LogP) is 3.75. The summed E-state index contributed by atoms with van der Waals surface area (Å²) in [6.07, 6.45) is 1.79. The average molecular weight is 298 g/mol. The number of nitrogens with one attached hydrogen (secondary N) is 1. The maximum atomic E-state index is 6.46. The Balaban J connectivity index is 2.21. The molecule has 1 atom stereocenters. The van der Waals surface area contributed by atoms with Gasteiger partial charge in [-0.15, -0.1) is 0 Å². The van der Waals surface area contributed by atoms with Crippen molar-refractivity contribution in [2.45, 2.75) is 13.0 Å². The van der Waals surface area contributed by atoms with Gasteiger partial charge in [0, 0.05) is 16.6 Å². The van der Waals surface area contributed by atoms with E-state index in [0.717, 1.165) is 32.6 Å². The van der Waals surface area contributed by atoms with Crippen molar-refractivity contribution in [2.24, 2.45) is 5.84 Å². The molecular formula is C17H16ClN3. The molecule has 0 amide bonds. The molecular weight excluding hydrogens is 282 g/mol. The molecule has 0 aliphatic rings. The molecule has 21 heavy (non-hydrogen) atoms. The van der Waals surface area contributed by atoms with E-state index in [0.29, 0.717) is 0 Å². The number of hydrogen-bond acceptors (Lipinski definition) is 3. The lowest BCUT2D eigenvalue weighted by Gasteiger charge is -2.20. The van der Waals surface area contributed by atoms with Crippen LogP contribution in [0.25, 0.3) is 10.9 Å². The highest BCUT2D eigenvalue weighted by atomic mass is 35.5. The Morgan fingerprint density at radius 2 is 1.81 bits per heavy atom. The van der Waals surface area contributed by atoms with Crippen LogP contribution in [0, 0.1) is 6.92 Å². The van der Waals surface area contributed by atoms with Gasteiger partial charge < -0.3 is 0 Å². The zero-order valence-electron chi connectivity index (χ0n) is 11.7. The smallest absolute Gasteiger partial charge is 0.0731 e. The number of hydrazine groups is 1. The molecule has 0 saturated heterocycles. The van der Waals surface area contributed by atoms with E-state index in [1.165, 1.54) is 0 Å². The van der Waals surface area contributed by atoms with Gasteiger partial charge in [0.2, 0.25) is 0 Å². The van der Waals surface area contributed by atoms with Crippen LogP contribution in [-0.2, 0) is 0 Å². The third-order valence-electron chi connectivity index (χ3n) is 3.69. The summed E-state index contributed by atoms with van der Waals surface area (Å²) in [4.78, 5) is 4.39. The van der Waals surface area contributed by atoms with Gasteiger partial charge in [0.25, 0.3) is 0 Å². The van der Waals surface area contributed by atoms with E-state index < -0.39 is 0 Å². The second-order valence-corrected chi connectivity index (χ2v) is 5.37. The molecule has 3 N–H and O–H groups in total. The lowest BCUT2D eigenvalue weighted by molar-refractivity contribution is 0.640. The molecule has 0 saturated carbocycles. The molecule has 3 rings (SSSR count). The summed E-state index contributed by atoms with van der Waals surface area (Å²) in [5.41, 5.74) is 6.89. The number of aromatic nitrogens is 1. The number of hydrogen-bond donors (Lipinski definition) is 2. The predicted molar refractivity (Wildman–Crippen MR) is 87.1 cm³/mol. The standard InChI is InChI=1S/C17H16ClN3/c1-11-5-2-7-14(16(11)18)17(21-19)13-6-3-9-15-12(13)8-4-10-20-15/h2-10,17,21H,19H2,1H3. The van der Waals surface area contributed by atoms with E-state index in [1.807, 2.05) is 55.5 Å². The monoisotopic (exact) mass is 297 g/mol. The molecule has 2 aromatic carbocycles. The molecule has 3 nitrogen and oxygen atoms in total. The lowest BCUT2D eigenvalue weighted by Crippen LogP contribution is -2.29. The van der Waals surface area contributed by atoms with E-state index >= 15 is 0 Å². The average Bonchev–Trinajstić information content (AvgIpc) is 2.52. The van der Waals surface area contributed by atoms with E-state index in [-0.39, 0.29) is 6.04 Å². The van der Waals surface area contributed by atoms with Gasteiger partial charge in [-0.25, -0.2) is 5.43 Å². The second kappa shape index (κ2) is 5.82. The van der Waals surface area contributed by atoms with E-state index in [9.17, 15) is 0 Å². The summed E-state index contributed by atoms with van der Waals surface area (Å²) in [6, 6.07) is 15.8. The van der Waals surface area contributed by atoms with Crippen LogP contribution in [-0.4, -0.2) is 4.98 Å². The van der Waals surface area contributed by atoms with Gasteiger partial charge >= 0.3 is 0 Å². The molecule has 0 aliphatic heterocycles. The number of aryl methyl sites for hydroxylation is 1. The summed E-state index contributed by atoms with van der Waals surface area (Å²) in [6.45, 7) is 1.99. The zero-order valence-corrected chi connectivity index (χ0v) is 12.4. The largest absolute Gasteiger partial charge is 0.271 e. The molecule has 1 unspecified atom stereocenters. The van der Waals surface area contributed by atoms with Crippen LogP contribution in [0.5, 0.6) is 0 Å². The Hall–Kier alpha value is -1.94. The van der Waals surface area contributed by atoms with Crippen molar-refractivity contribution < 1.29 is 0 Å². The fraction of sp³-hybridized carbons (Fsp3) is 0.118. The van der Waals surface area contributed by atoms with Gasteiger partial charge in [-0.3, -0.25) is 10.8 Å². The van der Waals surface area contributed by atoms with Crippen LogP contribution in [0.2, 0.25) is 5.02 Å². The Bertz CT molecular complexity index is 781. The van der Waals surface area contributed by atoms with E-state index in [4.69, 9.17) is 17.4 Å². The maximum Gasteiger partial charge on any atom is 0.0731 e. The first kappa shape index (κ1) is 14.0. The minimum atomic E-state index is -0.176. The van der Waals surface area contributed by atoms with Crippen molar-refractivity contribution in [1.29, 1.82) is 0 Å². The van der Waals surface area contributed by atoms with Crippen LogP contribution >= 0.6 is 11.6 Å². The molecule has 1 heterocycles. The van der Waals surface area contributed by atoms with Crippen molar-refractivity contribution in [3.05, 3.63) is 76.4 Å². The summed E-state index contributed by atoms with van der Waals surface area (Å²) < 4.78 is 0. The third kappa shape index (κ3) is 2.51. The minimum Gasteiger partial charge on any atom is -0.271 e. The normalized spacial score (nSPS) is 12.5. The van der Waals surface area contributed by atoms with Crippen LogP contribution < -0.4 is 11.3 Å². The number of halogens is 1. The van der Waals surface area contributed by atoms with E-state index in [1.54, 1.807) is 6.20 Å². The van der Waals surface area contributed by atoms with Gasteiger partial charge in [-0.1, -0.05) is 48.0 Å². The van der Waals surface area contributed by atoms with Gasteiger partial charge in [0.05, 0.1) is 11.6 Å². The first-order chi connectivity index (χ1) is 10.2. The van der Waals surface area contributed by atoms with Crippen LogP contribution in [0.3, 0.4) is 0 Å². The van der Waals surface area contributed by atoms with E-state index in [2.05, 4.69) is 10.4 Å². The zero-order chi connectivity index (χ0) is 14.8. The van der Waals surface area contributed by atoms with Crippen molar-refractivity contribution in [1.82, 2.24) is 10.4 Å². The number of fused-ring (bicyclic) bond motifs is 1. The van der Waals surface area contributed by atoms with Gasteiger partial charge in [0.15, 0.2) is 0 Å². The van der Waals surface area contributed by atoms with Crippen molar-refractivity contribution in [3.63, 3.8) is 0 Å². The van der Waals surface area contributed by atoms with Crippen molar-refractivity contribution in [3.8, 4) is 0 Å². The first-order valence-corrected chi connectivity index (χ1v) is 7.15. The summed E-state index contributed by atoms with van der Waals surface area (Å²) in [7, 11) is 0. The second-order valence-electron chi connectivity index (χ2n) is 5.00. The van der Waals surface area contributed by atoms with Gasteiger partial charge in [0.1, 0.15) is 0 Å². The Labute approximate surface area is 128 Å². The molecule has 0 radical (unpaired) electrons. The molecule has 1 aromatic heterocycles. The Morgan fingerprint density at radius 3 is 2.62 bits per heavy atom. The van der Waals surface area contributed by atoms with Crippen molar-refractivity contribution in [2.75, 3.05) is 0 Å². The number of nitrogens with two attached hydrogens (primary N) is 1. The fourth-order valence-corrected chi connectivity index (χ4v) is 2.85. The number of pyridine rings is 1. The molecule has 0 bridgehead atoms. The van der Waals surface area contributed by atoms with Crippen LogP contribution in [0.1, 0.15) is 22.7 Å². The minimum absolute atomic E-state index is 0.176. The Morgan fingerprint density at radius 1 is 1.05 bits per heavy atom. The number of rotatable bonds is 3. The molecule has 3 aromatic rings. The number of nitrogens with zero attached hydrogens (tertiary/aromatic N) is 1. The topological polar surface area (TPSA) is 50.9 Å². The van der Waals surface area contributed by atoms with Gasteiger partial charge in [-0.05, 0) is 35.7 Å². The molecule has 0 fully saturated rings. The SMILES string of the molecule is Cc1cccc(C(NN)c2cccc3ncccc23)c1Cl. The highest BCUT2D eigenvalue weighted by Gasteiger charge is 2.18. The summed E-state index contributed by atoms with van der Waals surface area (Å²) >= 11 is 6.46. The quantitative estimate of drug-likeness (QED) is 0.572. The molecule has 0 aliphatic carbocycles. The summed E-state index contributed by atoms with van der Waals surface area (Å²) in [5, 5.41) is 1.81. The Kier molecular flexibility index (Phi) is 3.88.